The average molecular weight is 455 g/mol. The fraction of sp³-hybridized carbons (Fsp3) is 0.565. The Kier molecular flexibility index (Phi) is 5.73. The number of aliphatic hydroxyl groups is 2. The number of aliphatic hydroxyl groups excluding tert-OH is 2. The van der Waals surface area contributed by atoms with Gasteiger partial charge in [-0.15, -0.1) is 11.3 Å². The van der Waals surface area contributed by atoms with Crippen molar-refractivity contribution in [2.45, 2.75) is 70.7 Å². The first kappa shape index (κ1) is 21.5. The first-order chi connectivity index (χ1) is 15.4. The van der Waals surface area contributed by atoms with Gasteiger partial charge in [-0.3, -0.25) is 4.98 Å². The second kappa shape index (κ2) is 8.53. The number of nitrogens with one attached hydrogen (secondary N) is 2. The van der Waals surface area contributed by atoms with Crippen LogP contribution in [0.2, 0.25) is 0 Å². The molecule has 3 heterocycles. The monoisotopic (exact) mass is 454 g/mol. The third-order valence-electron chi connectivity index (χ3n) is 6.75. The molecule has 5 atom stereocenters. The molecule has 2 fully saturated rings. The lowest BCUT2D eigenvalue weighted by Crippen LogP contribution is -2.29. The van der Waals surface area contributed by atoms with Crippen molar-refractivity contribution in [2.75, 3.05) is 10.6 Å². The van der Waals surface area contributed by atoms with Gasteiger partial charge in [-0.1, -0.05) is 0 Å². The summed E-state index contributed by atoms with van der Waals surface area (Å²) in [7, 11) is 0. The second-order valence-electron chi connectivity index (χ2n) is 9.28. The molecule has 0 bridgehead atoms. The Bertz CT molecular complexity index is 1080. The van der Waals surface area contributed by atoms with Crippen molar-refractivity contribution >= 4 is 33.3 Å². The maximum absolute atomic E-state index is 10.7. The second-order valence-corrected chi connectivity index (χ2v) is 10.3. The average Bonchev–Trinajstić information content (AvgIpc) is 3.41. The highest BCUT2D eigenvalue weighted by molar-refractivity contribution is 7.21. The number of aromatic nitrogens is 4. The normalized spacial score (nSPS) is 25.1. The summed E-state index contributed by atoms with van der Waals surface area (Å²) >= 11 is 1.58. The molecule has 8 nitrogen and oxygen atoms in total. The van der Waals surface area contributed by atoms with Crippen molar-refractivity contribution in [3.63, 3.8) is 0 Å². The van der Waals surface area contributed by atoms with E-state index in [9.17, 15) is 10.2 Å². The summed E-state index contributed by atoms with van der Waals surface area (Å²) in [4.78, 5) is 18.6. The van der Waals surface area contributed by atoms with Crippen LogP contribution in [-0.4, -0.2) is 54.4 Å². The molecule has 3 aromatic rings. The lowest BCUT2D eigenvalue weighted by Gasteiger charge is -2.21. The fourth-order valence-electron chi connectivity index (χ4n) is 4.58. The molecule has 2 aliphatic rings. The summed E-state index contributed by atoms with van der Waals surface area (Å²) in [5.41, 5.74) is 2.53. The number of nitrogens with zero attached hydrogens (tertiary/aromatic N) is 4. The predicted molar refractivity (Wildman–Crippen MR) is 127 cm³/mol. The summed E-state index contributed by atoms with van der Waals surface area (Å²) < 4.78 is 1.06. The van der Waals surface area contributed by atoms with Crippen LogP contribution in [0.4, 0.5) is 11.8 Å². The molecule has 0 aromatic carbocycles. The van der Waals surface area contributed by atoms with E-state index in [0.717, 1.165) is 26.5 Å². The highest BCUT2D eigenvalue weighted by Gasteiger charge is 2.36. The molecule has 0 radical (unpaired) electrons. The van der Waals surface area contributed by atoms with Gasteiger partial charge in [-0.05, 0) is 64.4 Å². The Morgan fingerprint density at radius 1 is 1.12 bits per heavy atom. The van der Waals surface area contributed by atoms with Crippen LogP contribution < -0.4 is 10.6 Å². The van der Waals surface area contributed by atoms with Crippen molar-refractivity contribution in [3.05, 3.63) is 24.2 Å². The molecule has 3 aromatic heterocycles. The van der Waals surface area contributed by atoms with E-state index in [1.807, 2.05) is 13.0 Å². The number of thiazole rings is 1. The van der Waals surface area contributed by atoms with Crippen LogP contribution in [0.1, 0.15) is 45.2 Å². The molecule has 9 heteroatoms. The fourth-order valence-corrected chi connectivity index (χ4v) is 5.61. The zero-order valence-corrected chi connectivity index (χ0v) is 19.4. The van der Waals surface area contributed by atoms with Gasteiger partial charge in [-0.25, -0.2) is 9.97 Å². The first-order valence-corrected chi connectivity index (χ1v) is 12.2. The quantitative estimate of drug-likeness (QED) is 0.428. The maximum Gasteiger partial charge on any atom is 0.225 e. The SMILES string of the molecule is Cc1nc(N[C@H](C)C2CC2)nc(N[C@@H]2C[C@@H](C(C)O)C[C@H]2O)c1-c1nc2cnccc2s1. The molecule has 2 saturated carbocycles. The number of hydrogen-bond acceptors (Lipinski definition) is 9. The van der Waals surface area contributed by atoms with Crippen molar-refractivity contribution in [2.24, 2.45) is 11.8 Å². The van der Waals surface area contributed by atoms with Crippen LogP contribution in [-0.2, 0) is 0 Å². The zero-order valence-electron chi connectivity index (χ0n) is 18.6. The smallest absolute Gasteiger partial charge is 0.225 e. The number of anilines is 2. The molecule has 5 rings (SSSR count). The molecular formula is C23H30N6O2S. The van der Waals surface area contributed by atoms with E-state index < -0.39 is 12.2 Å². The summed E-state index contributed by atoms with van der Waals surface area (Å²) in [6.07, 6.45) is 6.29. The standard InChI is InChI=1S/C23H30N6O2S/c1-11(14-4-5-14)25-23-26-12(2)20(22-28-17-10-24-7-6-19(17)32-22)21(29-23)27-16-8-15(13(3)30)9-18(16)31/h6-7,10-11,13-16,18,30-31H,4-5,8-9H2,1-3H3,(H2,25,26,27,29)/t11-,13?,15-,16-,18-/m1/s1. The third kappa shape index (κ3) is 4.29. The van der Waals surface area contributed by atoms with Crippen LogP contribution in [0.25, 0.3) is 20.8 Å². The summed E-state index contributed by atoms with van der Waals surface area (Å²) in [5, 5.41) is 28.5. The number of hydrogen-bond donors (Lipinski definition) is 4. The number of rotatable bonds is 7. The van der Waals surface area contributed by atoms with E-state index in [2.05, 4.69) is 22.5 Å². The molecule has 0 saturated heterocycles. The van der Waals surface area contributed by atoms with Crippen LogP contribution in [0.5, 0.6) is 0 Å². The Hall–Kier alpha value is -2.36. The maximum atomic E-state index is 10.7. The number of fused-ring (bicyclic) bond motifs is 1. The van der Waals surface area contributed by atoms with Gasteiger partial charge in [0, 0.05) is 12.2 Å². The van der Waals surface area contributed by atoms with Gasteiger partial charge < -0.3 is 20.8 Å². The van der Waals surface area contributed by atoms with Gasteiger partial charge in [0.25, 0.3) is 0 Å². The van der Waals surface area contributed by atoms with Crippen molar-refractivity contribution in [3.8, 4) is 10.6 Å². The number of pyridine rings is 1. The molecule has 0 amide bonds. The summed E-state index contributed by atoms with van der Waals surface area (Å²) in [6, 6.07) is 2.09. The van der Waals surface area contributed by atoms with Gasteiger partial charge in [0.1, 0.15) is 16.3 Å². The van der Waals surface area contributed by atoms with Gasteiger partial charge in [0.05, 0.1) is 40.4 Å². The van der Waals surface area contributed by atoms with E-state index in [-0.39, 0.29) is 12.0 Å². The van der Waals surface area contributed by atoms with Gasteiger partial charge in [0.15, 0.2) is 0 Å². The Labute approximate surface area is 191 Å². The van der Waals surface area contributed by atoms with E-state index in [1.165, 1.54) is 12.8 Å². The Balaban J connectivity index is 1.52. The Morgan fingerprint density at radius 2 is 1.94 bits per heavy atom. The molecule has 1 unspecified atom stereocenters. The van der Waals surface area contributed by atoms with E-state index in [1.54, 1.807) is 30.7 Å². The highest BCUT2D eigenvalue weighted by Crippen LogP contribution is 2.39. The van der Waals surface area contributed by atoms with E-state index in [4.69, 9.17) is 15.0 Å². The minimum Gasteiger partial charge on any atom is -0.393 e. The zero-order chi connectivity index (χ0) is 22.4. The minimum absolute atomic E-state index is 0.0647. The largest absolute Gasteiger partial charge is 0.393 e. The van der Waals surface area contributed by atoms with Crippen LogP contribution in [0.3, 0.4) is 0 Å². The lowest BCUT2D eigenvalue weighted by molar-refractivity contribution is 0.111. The highest BCUT2D eigenvalue weighted by atomic mass is 32.1. The predicted octanol–water partition coefficient (Wildman–Crippen LogP) is 3.60. The van der Waals surface area contributed by atoms with Gasteiger partial charge >= 0.3 is 0 Å². The molecule has 0 spiro atoms. The summed E-state index contributed by atoms with van der Waals surface area (Å²) in [6.45, 7) is 5.94. The third-order valence-corrected chi connectivity index (χ3v) is 7.80. The van der Waals surface area contributed by atoms with Gasteiger partial charge in [0.2, 0.25) is 5.95 Å². The van der Waals surface area contributed by atoms with E-state index in [0.29, 0.717) is 36.6 Å². The molecule has 4 N–H and O–H groups in total. The molecule has 170 valence electrons. The first-order valence-electron chi connectivity index (χ1n) is 11.4. The molecule has 0 aliphatic heterocycles. The van der Waals surface area contributed by atoms with Gasteiger partial charge in [-0.2, -0.15) is 4.98 Å². The Morgan fingerprint density at radius 3 is 2.62 bits per heavy atom. The molecular weight excluding hydrogens is 424 g/mol. The van der Waals surface area contributed by atoms with Crippen molar-refractivity contribution in [1.29, 1.82) is 0 Å². The molecule has 2 aliphatic carbocycles. The van der Waals surface area contributed by atoms with E-state index >= 15 is 0 Å². The van der Waals surface area contributed by atoms with Crippen molar-refractivity contribution < 1.29 is 10.2 Å². The topological polar surface area (TPSA) is 116 Å². The van der Waals surface area contributed by atoms with Crippen LogP contribution in [0, 0.1) is 18.8 Å². The minimum atomic E-state index is -0.543. The summed E-state index contributed by atoms with van der Waals surface area (Å²) in [5.74, 6) is 2.01. The lowest BCUT2D eigenvalue weighted by atomic mass is 10.0. The van der Waals surface area contributed by atoms with Crippen molar-refractivity contribution in [1.82, 2.24) is 19.9 Å². The van der Waals surface area contributed by atoms with Crippen LogP contribution >= 0.6 is 11.3 Å². The number of aryl methyl sites for hydroxylation is 1. The molecule has 32 heavy (non-hydrogen) atoms. The van der Waals surface area contributed by atoms with Crippen LogP contribution in [0.15, 0.2) is 18.5 Å².